The Hall–Kier alpha value is -2.30. The first-order valence-electron chi connectivity index (χ1n) is 7.64. The van der Waals surface area contributed by atoms with E-state index in [9.17, 15) is 9.59 Å². The van der Waals surface area contributed by atoms with Gasteiger partial charge in [-0.25, -0.2) is 4.79 Å². The van der Waals surface area contributed by atoms with Crippen LogP contribution in [0, 0.1) is 5.92 Å². The second-order valence-corrected chi connectivity index (χ2v) is 6.17. The first kappa shape index (κ1) is 18.7. The lowest BCUT2D eigenvalue weighted by atomic mass is 9.98. The quantitative estimate of drug-likeness (QED) is 0.644. The molecular formula is C18H25NO4. The molecule has 0 saturated carbocycles. The molecule has 0 radical (unpaired) electrons. The number of nitrogens with two attached hydrogens (primary N) is 1. The third-order valence-corrected chi connectivity index (χ3v) is 2.90. The normalized spacial score (nSPS) is 13.3. The monoisotopic (exact) mass is 319 g/mol. The standard InChI is InChI=1S/C18H25NO4/c1-5-22-17(21)15(19)12-14(16(20)23-18(2,3)4)11-13-9-7-6-8-10-13/h6-10,12,14H,5,11,19H2,1-4H3/t14-/m0/s1. The van der Waals surface area contributed by atoms with Crippen LogP contribution in [0.4, 0.5) is 0 Å². The van der Waals surface area contributed by atoms with Crippen LogP contribution >= 0.6 is 0 Å². The molecule has 0 bridgehead atoms. The molecule has 1 aromatic carbocycles. The Balaban J connectivity index is 2.98. The summed E-state index contributed by atoms with van der Waals surface area (Å²) >= 11 is 0. The van der Waals surface area contributed by atoms with E-state index in [1.165, 1.54) is 6.08 Å². The summed E-state index contributed by atoms with van der Waals surface area (Å²) in [5.74, 6) is -1.70. The maximum absolute atomic E-state index is 12.4. The molecule has 5 nitrogen and oxygen atoms in total. The van der Waals surface area contributed by atoms with Crippen molar-refractivity contribution in [3.63, 3.8) is 0 Å². The Morgan fingerprint density at radius 1 is 1.22 bits per heavy atom. The fraction of sp³-hybridized carbons (Fsp3) is 0.444. The first-order valence-corrected chi connectivity index (χ1v) is 7.64. The molecule has 1 aromatic rings. The van der Waals surface area contributed by atoms with Gasteiger partial charge in [-0.05, 0) is 45.8 Å². The van der Waals surface area contributed by atoms with Crippen LogP contribution < -0.4 is 5.73 Å². The minimum absolute atomic E-state index is 0.0846. The number of benzene rings is 1. The molecule has 23 heavy (non-hydrogen) atoms. The fourth-order valence-electron chi connectivity index (χ4n) is 1.96. The number of carbonyl (C=O) groups excluding carboxylic acids is 2. The number of hydrogen-bond acceptors (Lipinski definition) is 5. The van der Waals surface area contributed by atoms with Gasteiger partial charge in [0.1, 0.15) is 11.3 Å². The summed E-state index contributed by atoms with van der Waals surface area (Å²) in [4.78, 5) is 24.1. The molecule has 1 rings (SSSR count). The summed E-state index contributed by atoms with van der Waals surface area (Å²) < 4.78 is 10.3. The van der Waals surface area contributed by atoms with E-state index in [4.69, 9.17) is 15.2 Å². The van der Waals surface area contributed by atoms with Gasteiger partial charge in [-0.3, -0.25) is 4.79 Å². The van der Waals surface area contributed by atoms with Crippen LogP contribution in [0.2, 0.25) is 0 Å². The molecule has 2 N–H and O–H groups in total. The van der Waals surface area contributed by atoms with Crippen LogP contribution in [-0.2, 0) is 25.5 Å². The molecule has 0 aliphatic carbocycles. The molecule has 0 aliphatic rings. The van der Waals surface area contributed by atoms with E-state index in [0.29, 0.717) is 6.42 Å². The number of ether oxygens (including phenoxy) is 2. The van der Waals surface area contributed by atoms with Crippen LogP contribution in [0.15, 0.2) is 42.1 Å². The van der Waals surface area contributed by atoms with Crippen LogP contribution in [-0.4, -0.2) is 24.1 Å². The minimum atomic E-state index is -0.652. The highest BCUT2D eigenvalue weighted by atomic mass is 16.6. The Morgan fingerprint density at radius 2 is 1.83 bits per heavy atom. The zero-order chi connectivity index (χ0) is 17.5. The molecule has 0 aromatic heterocycles. The van der Waals surface area contributed by atoms with Gasteiger partial charge in [0, 0.05) is 0 Å². The third-order valence-electron chi connectivity index (χ3n) is 2.90. The maximum Gasteiger partial charge on any atom is 0.353 e. The Kier molecular flexibility index (Phi) is 6.82. The van der Waals surface area contributed by atoms with Crippen molar-refractivity contribution >= 4 is 11.9 Å². The summed E-state index contributed by atoms with van der Waals surface area (Å²) in [5.41, 5.74) is 6.00. The van der Waals surface area contributed by atoms with E-state index in [2.05, 4.69) is 0 Å². The van der Waals surface area contributed by atoms with Gasteiger partial charge in [0.05, 0.1) is 12.5 Å². The smallest absolute Gasteiger partial charge is 0.353 e. The Labute approximate surface area is 137 Å². The molecule has 126 valence electrons. The lowest BCUT2D eigenvalue weighted by Gasteiger charge is -2.23. The molecule has 0 amide bonds. The first-order chi connectivity index (χ1) is 10.7. The van der Waals surface area contributed by atoms with Crippen molar-refractivity contribution in [1.82, 2.24) is 0 Å². The minimum Gasteiger partial charge on any atom is -0.461 e. The van der Waals surface area contributed by atoms with Crippen molar-refractivity contribution in [1.29, 1.82) is 0 Å². The molecule has 5 heteroatoms. The zero-order valence-electron chi connectivity index (χ0n) is 14.2. The molecule has 0 aliphatic heterocycles. The molecule has 0 fully saturated rings. The average molecular weight is 319 g/mol. The van der Waals surface area contributed by atoms with Crippen molar-refractivity contribution in [2.45, 2.75) is 39.7 Å². The number of esters is 2. The van der Waals surface area contributed by atoms with Gasteiger partial charge in [0.15, 0.2) is 0 Å². The van der Waals surface area contributed by atoms with Crippen molar-refractivity contribution in [3.05, 3.63) is 47.7 Å². The van der Waals surface area contributed by atoms with Crippen LogP contribution in [0.1, 0.15) is 33.3 Å². The second kappa shape index (κ2) is 8.36. The fourth-order valence-corrected chi connectivity index (χ4v) is 1.96. The molecule has 0 saturated heterocycles. The van der Waals surface area contributed by atoms with E-state index in [0.717, 1.165) is 5.56 Å². The van der Waals surface area contributed by atoms with E-state index in [-0.39, 0.29) is 12.3 Å². The number of rotatable bonds is 6. The maximum atomic E-state index is 12.4. The summed E-state index contributed by atoms with van der Waals surface area (Å²) in [7, 11) is 0. The van der Waals surface area contributed by atoms with Crippen LogP contribution in [0.5, 0.6) is 0 Å². The number of hydrogen-bond donors (Lipinski definition) is 1. The predicted octanol–water partition coefficient (Wildman–Crippen LogP) is 2.59. The molecule has 0 unspecified atom stereocenters. The van der Waals surface area contributed by atoms with Crippen molar-refractivity contribution in [2.75, 3.05) is 6.61 Å². The SMILES string of the molecule is CCOC(=O)C(N)=C[C@H](Cc1ccccc1)C(=O)OC(C)(C)C. The van der Waals surface area contributed by atoms with E-state index in [1.54, 1.807) is 27.7 Å². The lowest BCUT2D eigenvalue weighted by molar-refractivity contribution is -0.158. The van der Waals surface area contributed by atoms with E-state index >= 15 is 0 Å². The van der Waals surface area contributed by atoms with Gasteiger partial charge in [-0.15, -0.1) is 0 Å². The summed E-state index contributed by atoms with van der Waals surface area (Å²) in [6.07, 6.45) is 1.81. The molecular weight excluding hydrogens is 294 g/mol. The number of carbonyl (C=O) groups is 2. The van der Waals surface area contributed by atoms with Crippen molar-refractivity contribution in [3.8, 4) is 0 Å². The highest BCUT2D eigenvalue weighted by molar-refractivity contribution is 5.88. The third kappa shape index (κ3) is 7.00. The van der Waals surface area contributed by atoms with Gasteiger partial charge in [0.25, 0.3) is 0 Å². The largest absolute Gasteiger partial charge is 0.461 e. The molecule has 0 heterocycles. The van der Waals surface area contributed by atoms with Gasteiger partial charge in [0.2, 0.25) is 0 Å². The van der Waals surface area contributed by atoms with Crippen LogP contribution in [0.3, 0.4) is 0 Å². The highest BCUT2D eigenvalue weighted by Crippen LogP contribution is 2.17. The average Bonchev–Trinajstić information content (AvgIpc) is 2.46. The van der Waals surface area contributed by atoms with E-state index in [1.807, 2.05) is 30.3 Å². The Bertz CT molecular complexity index is 558. The van der Waals surface area contributed by atoms with Crippen molar-refractivity contribution in [2.24, 2.45) is 11.7 Å². The van der Waals surface area contributed by atoms with Gasteiger partial charge in [-0.2, -0.15) is 0 Å². The zero-order valence-corrected chi connectivity index (χ0v) is 14.2. The summed E-state index contributed by atoms with van der Waals surface area (Å²) in [6.45, 7) is 7.30. The van der Waals surface area contributed by atoms with E-state index < -0.39 is 23.5 Å². The summed E-state index contributed by atoms with van der Waals surface area (Å²) in [5, 5.41) is 0. The topological polar surface area (TPSA) is 78.6 Å². The predicted molar refractivity (Wildman–Crippen MR) is 88.4 cm³/mol. The molecule has 1 atom stereocenters. The van der Waals surface area contributed by atoms with Crippen LogP contribution in [0.25, 0.3) is 0 Å². The second-order valence-electron chi connectivity index (χ2n) is 6.17. The van der Waals surface area contributed by atoms with Gasteiger partial charge < -0.3 is 15.2 Å². The molecule has 0 spiro atoms. The Morgan fingerprint density at radius 3 is 2.35 bits per heavy atom. The highest BCUT2D eigenvalue weighted by Gasteiger charge is 2.25. The lowest BCUT2D eigenvalue weighted by Crippen LogP contribution is -2.30. The van der Waals surface area contributed by atoms with Gasteiger partial charge >= 0.3 is 11.9 Å². The summed E-state index contributed by atoms with van der Waals surface area (Å²) in [6, 6.07) is 9.49. The van der Waals surface area contributed by atoms with Gasteiger partial charge in [-0.1, -0.05) is 30.3 Å². The van der Waals surface area contributed by atoms with Crippen molar-refractivity contribution < 1.29 is 19.1 Å².